The van der Waals surface area contributed by atoms with Crippen LogP contribution in [0.4, 0.5) is 39.0 Å². The van der Waals surface area contributed by atoms with Gasteiger partial charge in [0, 0.05) is 43.1 Å². The van der Waals surface area contributed by atoms with Gasteiger partial charge in [0.15, 0.2) is 29.0 Å². The molecule has 3 aromatic carbocycles. The predicted octanol–water partition coefficient (Wildman–Crippen LogP) is 7.53. The number of furan rings is 1. The third-order valence-corrected chi connectivity index (χ3v) is 7.05. The van der Waals surface area contributed by atoms with Gasteiger partial charge in [-0.1, -0.05) is 23.2 Å². The van der Waals surface area contributed by atoms with Gasteiger partial charge in [-0.25, -0.2) is 22.0 Å². The Kier molecular flexibility index (Phi) is 7.42. The summed E-state index contributed by atoms with van der Waals surface area (Å²) >= 11 is 12.0. The van der Waals surface area contributed by atoms with Crippen molar-refractivity contribution in [3.05, 3.63) is 99.5 Å². The highest BCUT2D eigenvalue weighted by Crippen LogP contribution is 2.32. The van der Waals surface area contributed by atoms with Crippen molar-refractivity contribution in [2.75, 3.05) is 41.3 Å². The van der Waals surface area contributed by atoms with E-state index in [0.29, 0.717) is 27.1 Å². The molecule has 1 N–H and O–H groups in total. The molecule has 2 heterocycles. The second-order valence-electron chi connectivity index (χ2n) is 8.69. The molecule has 0 bridgehead atoms. The fraction of sp³-hybridized carbons (Fsp3) is 0.148. The third-order valence-electron chi connectivity index (χ3n) is 6.31. The molecule has 0 saturated carbocycles. The number of hydrogen-bond donors (Lipinski definition) is 1. The summed E-state index contributed by atoms with van der Waals surface area (Å²) in [6.45, 7) is 0.622. The number of piperazine rings is 1. The standard InChI is InChI=1S/C27H18Cl2F5N3O2/c28-17-6-1-14(13-18(17)29)19-7-8-20(39-19)27(38)35-15-2-4-16(5-3-15)36-9-11-37(12-10-36)26-24(33)22(31)21(30)23(32)25(26)34/h1-8,13H,9-12H2,(H,35,38). The third kappa shape index (κ3) is 5.26. The molecule has 202 valence electrons. The lowest BCUT2D eigenvalue weighted by Crippen LogP contribution is -2.47. The molecular weight excluding hydrogens is 564 g/mol. The number of amides is 1. The van der Waals surface area contributed by atoms with E-state index in [4.69, 9.17) is 27.6 Å². The first kappa shape index (κ1) is 26.8. The number of rotatable bonds is 5. The van der Waals surface area contributed by atoms with Crippen LogP contribution >= 0.6 is 23.2 Å². The summed E-state index contributed by atoms with van der Waals surface area (Å²) < 4.78 is 74.6. The van der Waals surface area contributed by atoms with E-state index in [1.807, 2.05) is 4.90 Å². The molecule has 1 aliphatic rings. The number of benzene rings is 3. The number of anilines is 3. The number of carbonyl (C=O) groups is 1. The first-order chi connectivity index (χ1) is 18.6. The maximum atomic E-state index is 14.2. The zero-order valence-corrected chi connectivity index (χ0v) is 21.4. The Morgan fingerprint density at radius 3 is 1.92 bits per heavy atom. The normalized spacial score (nSPS) is 13.6. The predicted molar refractivity (Wildman–Crippen MR) is 139 cm³/mol. The van der Waals surface area contributed by atoms with Crippen molar-refractivity contribution in [1.29, 1.82) is 0 Å². The lowest BCUT2D eigenvalue weighted by molar-refractivity contribution is 0.0997. The van der Waals surface area contributed by atoms with Gasteiger partial charge in [0.1, 0.15) is 11.4 Å². The summed E-state index contributed by atoms with van der Waals surface area (Å²) in [5, 5.41) is 3.49. The van der Waals surface area contributed by atoms with E-state index in [-0.39, 0.29) is 31.9 Å². The Bertz CT molecular complexity index is 1530. The van der Waals surface area contributed by atoms with Crippen LogP contribution in [0.1, 0.15) is 10.6 Å². The molecule has 0 aliphatic carbocycles. The van der Waals surface area contributed by atoms with Gasteiger partial charge in [0.05, 0.1) is 10.0 Å². The van der Waals surface area contributed by atoms with Gasteiger partial charge in [0.25, 0.3) is 5.91 Å². The van der Waals surface area contributed by atoms with Gasteiger partial charge in [-0.15, -0.1) is 0 Å². The first-order valence-corrected chi connectivity index (χ1v) is 12.4. The highest BCUT2D eigenvalue weighted by molar-refractivity contribution is 6.42. The van der Waals surface area contributed by atoms with Crippen LogP contribution in [0.25, 0.3) is 11.3 Å². The van der Waals surface area contributed by atoms with Crippen LogP contribution in [0.5, 0.6) is 0 Å². The minimum absolute atomic E-state index is 0.0382. The molecule has 1 saturated heterocycles. The van der Waals surface area contributed by atoms with Gasteiger partial charge in [-0.2, -0.15) is 0 Å². The van der Waals surface area contributed by atoms with E-state index in [9.17, 15) is 26.7 Å². The smallest absolute Gasteiger partial charge is 0.291 e. The van der Waals surface area contributed by atoms with Crippen molar-refractivity contribution in [3.63, 3.8) is 0 Å². The molecule has 1 fully saturated rings. The van der Waals surface area contributed by atoms with Gasteiger partial charge in [0.2, 0.25) is 5.82 Å². The van der Waals surface area contributed by atoms with Crippen LogP contribution in [-0.2, 0) is 0 Å². The van der Waals surface area contributed by atoms with E-state index >= 15 is 0 Å². The monoisotopic (exact) mass is 581 g/mol. The van der Waals surface area contributed by atoms with Crippen molar-refractivity contribution in [3.8, 4) is 11.3 Å². The summed E-state index contributed by atoms with van der Waals surface area (Å²) in [6.07, 6.45) is 0. The molecule has 0 unspecified atom stereocenters. The van der Waals surface area contributed by atoms with Crippen molar-refractivity contribution in [2.45, 2.75) is 0 Å². The average molecular weight is 582 g/mol. The topological polar surface area (TPSA) is 48.7 Å². The summed E-state index contributed by atoms with van der Waals surface area (Å²) in [5.74, 6) is -9.75. The van der Waals surface area contributed by atoms with Gasteiger partial charge < -0.3 is 19.5 Å². The van der Waals surface area contributed by atoms with E-state index in [1.165, 1.54) is 6.07 Å². The van der Waals surface area contributed by atoms with Crippen LogP contribution in [0.3, 0.4) is 0 Å². The number of nitrogens with zero attached hydrogens (tertiary/aromatic N) is 2. The van der Waals surface area contributed by atoms with E-state index in [0.717, 1.165) is 10.6 Å². The Balaban J connectivity index is 1.21. The van der Waals surface area contributed by atoms with Crippen molar-refractivity contribution >= 4 is 46.2 Å². The molecule has 4 aromatic rings. The number of hydrogen-bond acceptors (Lipinski definition) is 4. The highest BCUT2D eigenvalue weighted by atomic mass is 35.5. The zero-order valence-electron chi connectivity index (χ0n) is 19.9. The molecule has 5 rings (SSSR count). The molecule has 0 spiro atoms. The van der Waals surface area contributed by atoms with Crippen LogP contribution in [-0.4, -0.2) is 32.1 Å². The molecule has 5 nitrogen and oxygen atoms in total. The maximum Gasteiger partial charge on any atom is 0.291 e. The van der Waals surface area contributed by atoms with Crippen LogP contribution < -0.4 is 15.1 Å². The van der Waals surface area contributed by atoms with Gasteiger partial charge in [-0.3, -0.25) is 4.79 Å². The molecule has 1 aromatic heterocycles. The van der Waals surface area contributed by atoms with Crippen LogP contribution in [0, 0.1) is 29.1 Å². The Morgan fingerprint density at radius 2 is 1.31 bits per heavy atom. The lowest BCUT2D eigenvalue weighted by Gasteiger charge is -2.37. The van der Waals surface area contributed by atoms with Crippen LogP contribution in [0.2, 0.25) is 10.0 Å². The second kappa shape index (κ2) is 10.8. The molecule has 1 aliphatic heterocycles. The SMILES string of the molecule is O=C(Nc1ccc(N2CCN(c3c(F)c(F)c(F)c(F)c3F)CC2)cc1)c1ccc(-c2ccc(Cl)c(Cl)c2)o1. The van der Waals surface area contributed by atoms with Gasteiger partial charge in [-0.05, 0) is 54.6 Å². The molecular formula is C27H18Cl2F5N3O2. The second-order valence-corrected chi connectivity index (χ2v) is 9.50. The Labute approximate surface area is 229 Å². The first-order valence-electron chi connectivity index (χ1n) is 11.6. The molecule has 1 amide bonds. The number of nitrogens with one attached hydrogen (secondary N) is 1. The molecule has 12 heteroatoms. The zero-order chi connectivity index (χ0) is 27.8. The quantitative estimate of drug-likeness (QED) is 0.150. The van der Waals surface area contributed by atoms with Crippen molar-refractivity contribution in [1.82, 2.24) is 0 Å². The number of carbonyl (C=O) groups excluding carboxylic acids is 1. The summed E-state index contributed by atoms with van der Waals surface area (Å²) in [5.41, 5.74) is 0.985. The van der Waals surface area contributed by atoms with Crippen molar-refractivity contribution < 1.29 is 31.2 Å². The van der Waals surface area contributed by atoms with E-state index in [2.05, 4.69) is 5.32 Å². The fourth-order valence-corrected chi connectivity index (χ4v) is 4.57. The lowest BCUT2D eigenvalue weighted by atomic mass is 10.2. The highest BCUT2D eigenvalue weighted by Gasteiger charge is 2.30. The summed E-state index contributed by atoms with van der Waals surface area (Å²) in [4.78, 5) is 15.7. The minimum atomic E-state index is -2.18. The number of halogens is 7. The van der Waals surface area contributed by atoms with Crippen LogP contribution in [0.15, 0.2) is 59.0 Å². The largest absolute Gasteiger partial charge is 0.451 e. The minimum Gasteiger partial charge on any atom is -0.451 e. The van der Waals surface area contributed by atoms with Gasteiger partial charge >= 0.3 is 0 Å². The maximum absolute atomic E-state index is 14.2. The average Bonchev–Trinajstić information content (AvgIpc) is 3.44. The molecule has 39 heavy (non-hydrogen) atoms. The Hall–Kier alpha value is -3.76. The molecule has 0 atom stereocenters. The summed E-state index contributed by atoms with van der Waals surface area (Å²) in [6, 6.07) is 15.0. The Morgan fingerprint density at radius 1 is 0.718 bits per heavy atom. The van der Waals surface area contributed by atoms with E-state index in [1.54, 1.807) is 48.5 Å². The van der Waals surface area contributed by atoms with Crippen molar-refractivity contribution in [2.24, 2.45) is 0 Å². The fourth-order valence-electron chi connectivity index (χ4n) is 4.27. The molecule has 0 radical (unpaired) electrons. The summed E-state index contributed by atoms with van der Waals surface area (Å²) in [7, 11) is 0. The van der Waals surface area contributed by atoms with E-state index < -0.39 is 40.7 Å².